The first-order valence-corrected chi connectivity index (χ1v) is 10.1. The first-order chi connectivity index (χ1) is 10.3. The molecule has 140 valence electrons. The van der Waals surface area contributed by atoms with Crippen molar-refractivity contribution in [3.05, 3.63) is 0 Å². The van der Waals surface area contributed by atoms with E-state index in [1.54, 1.807) is 0 Å². The Morgan fingerprint density at radius 1 is 0.955 bits per heavy atom. The Morgan fingerprint density at radius 2 is 1.41 bits per heavy atom. The summed E-state index contributed by atoms with van der Waals surface area (Å²) in [6, 6.07) is 1.90. The fourth-order valence-electron chi connectivity index (χ4n) is 1.04. The van der Waals surface area contributed by atoms with E-state index < -0.39 is 0 Å². The van der Waals surface area contributed by atoms with Crippen LogP contribution < -0.4 is 5.32 Å². The standard InChI is InChI=1S/C7H18NOP.C7H17N.2C2H6/c1-5-6-9-10-8(4)7(2)3;1-5-7(4)8-6(2)3;2*1-2/h7,10H,5-6H2,1-4H3;6-8H,5H2,1-4H3;2*1-2H3. The normalized spacial score (nSPS) is 11.6. The zero-order valence-corrected chi connectivity index (χ0v) is 18.7. The number of hydrogen-bond acceptors (Lipinski definition) is 3. The zero-order chi connectivity index (χ0) is 18.6. The average Bonchev–Trinajstić information content (AvgIpc) is 2.51. The molecule has 1 N–H and O–H groups in total. The summed E-state index contributed by atoms with van der Waals surface area (Å²) in [5.41, 5.74) is 0. The maximum absolute atomic E-state index is 5.36. The van der Waals surface area contributed by atoms with Gasteiger partial charge in [-0.3, -0.25) is 4.67 Å². The summed E-state index contributed by atoms with van der Waals surface area (Å²) in [5, 5.41) is 3.39. The monoisotopic (exact) mass is 338 g/mol. The molecule has 22 heavy (non-hydrogen) atoms. The van der Waals surface area contributed by atoms with E-state index in [9.17, 15) is 0 Å². The van der Waals surface area contributed by atoms with Crippen LogP contribution in [-0.4, -0.2) is 36.5 Å². The van der Waals surface area contributed by atoms with Crippen LogP contribution in [0.25, 0.3) is 0 Å². The molecule has 0 fully saturated rings. The summed E-state index contributed by atoms with van der Waals surface area (Å²) < 4.78 is 7.56. The Hall–Kier alpha value is 0.310. The Balaban J connectivity index is -0.000000121. The van der Waals surface area contributed by atoms with Crippen LogP contribution in [0, 0.1) is 0 Å². The lowest BCUT2D eigenvalue weighted by Crippen LogP contribution is -2.31. The number of rotatable bonds is 8. The molecule has 0 amide bonds. The van der Waals surface area contributed by atoms with Crippen LogP contribution in [-0.2, 0) is 4.52 Å². The highest BCUT2D eigenvalue weighted by atomic mass is 31.1. The molecule has 0 aromatic rings. The van der Waals surface area contributed by atoms with Crippen molar-refractivity contribution in [3.63, 3.8) is 0 Å². The number of hydrogen-bond donors (Lipinski definition) is 1. The lowest BCUT2D eigenvalue weighted by Gasteiger charge is -2.19. The topological polar surface area (TPSA) is 24.5 Å². The molecule has 0 aromatic carbocycles. The maximum atomic E-state index is 5.36. The summed E-state index contributed by atoms with van der Waals surface area (Å²) in [6.45, 7) is 24.1. The van der Waals surface area contributed by atoms with E-state index in [1.807, 2.05) is 27.7 Å². The van der Waals surface area contributed by atoms with Crippen LogP contribution in [0.3, 0.4) is 0 Å². The van der Waals surface area contributed by atoms with Crippen LogP contribution >= 0.6 is 8.96 Å². The third-order valence-corrected chi connectivity index (χ3v) is 3.66. The largest absolute Gasteiger partial charge is 0.346 e. The van der Waals surface area contributed by atoms with Gasteiger partial charge in [-0.15, -0.1) is 0 Å². The van der Waals surface area contributed by atoms with E-state index in [4.69, 9.17) is 4.52 Å². The van der Waals surface area contributed by atoms with Gasteiger partial charge in [-0.2, -0.15) is 0 Å². The number of nitrogens with zero attached hydrogens (tertiary/aromatic N) is 1. The summed E-state index contributed by atoms with van der Waals surface area (Å²) >= 11 is 0. The van der Waals surface area contributed by atoms with Gasteiger partial charge in [0.25, 0.3) is 0 Å². The molecule has 0 aliphatic rings. The van der Waals surface area contributed by atoms with Gasteiger partial charge in [0, 0.05) is 18.1 Å². The van der Waals surface area contributed by atoms with E-state index >= 15 is 0 Å². The van der Waals surface area contributed by atoms with E-state index in [-0.39, 0.29) is 0 Å². The Bertz CT molecular complexity index is 167. The Morgan fingerprint density at radius 3 is 1.64 bits per heavy atom. The molecule has 0 rings (SSSR count). The summed E-state index contributed by atoms with van der Waals surface area (Å²) in [6.07, 6.45) is 2.33. The predicted octanol–water partition coefficient (Wildman–Crippen LogP) is 6.10. The van der Waals surface area contributed by atoms with Gasteiger partial charge >= 0.3 is 0 Å². The lowest BCUT2D eigenvalue weighted by atomic mass is 10.2. The third kappa shape index (κ3) is 32.3. The van der Waals surface area contributed by atoms with Gasteiger partial charge < -0.3 is 9.84 Å². The first kappa shape index (κ1) is 30.2. The quantitative estimate of drug-likeness (QED) is 0.427. The highest BCUT2D eigenvalue weighted by Crippen LogP contribution is 2.19. The molecular weight excluding hydrogens is 291 g/mol. The van der Waals surface area contributed by atoms with Gasteiger partial charge in [0.05, 0.1) is 15.6 Å². The van der Waals surface area contributed by atoms with Gasteiger partial charge in [-0.25, -0.2) is 0 Å². The van der Waals surface area contributed by atoms with Crippen LogP contribution in [0.2, 0.25) is 0 Å². The Labute approximate surface area is 144 Å². The highest BCUT2D eigenvalue weighted by Gasteiger charge is 2.01. The Kier molecular flexibility index (Phi) is 36.0. The van der Waals surface area contributed by atoms with Gasteiger partial charge in [0.15, 0.2) is 0 Å². The van der Waals surface area contributed by atoms with Crippen molar-refractivity contribution in [2.75, 3.05) is 13.7 Å². The fourth-order valence-corrected chi connectivity index (χ4v) is 1.75. The van der Waals surface area contributed by atoms with Gasteiger partial charge in [-0.1, -0.05) is 55.4 Å². The van der Waals surface area contributed by atoms with Crippen molar-refractivity contribution in [2.24, 2.45) is 0 Å². The smallest absolute Gasteiger partial charge is 0.0888 e. The second kappa shape index (κ2) is 26.2. The van der Waals surface area contributed by atoms with E-state index in [0.29, 0.717) is 27.1 Å². The maximum Gasteiger partial charge on any atom is 0.0888 e. The predicted molar refractivity (Wildman–Crippen MR) is 108 cm³/mol. The molecule has 2 atom stereocenters. The van der Waals surface area contributed by atoms with Crippen molar-refractivity contribution in [1.82, 2.24) is 9.99 Å². The molecular formula is C18H47N2OP. The fraction of sp³-hybridized carbons (Fsp3) is 1.00. The summed E-state index contributed by atoms with van der Waals surface area (Å²) in [5.74, 6) is 0. The highest BCUT2D eigenvalue weighted by molar-refractivity contribution is 7.29. The lowest BCUT2D eigenvalue weighted by molar-refractivity contribution is 0.318. The molecule has 2 unspecified atom stereocenters. The van der Waals surface area contributed by atoms with Crippen molar-refractivity contribution in [1.29, 1.82) is 0 Å². The molecule has 0 saturated heterocycles. The average molecular weight is 339 g/mol. The minimum atomic E-state index is 0.526. The molecule has 4 heteroatoms. The van der Waals surface area contributed by atoms with E-state index in [1.165, 1.54) is 6.42 Å². The molecule has 0 radical (unpaired) electrons. The van der Waals surface area contributed by atoms with Crippen molar-refractivity contribution >= 4 is 8.96 Å². The first-order valence-electron chi connectivity index (χ1n) is 9.21. The molecule has 0 bridgehead atoms. The van der Waals surface area contributed by atoms with Crippen LogP contribution in [0.1, 0.15) is 89.0 Å². The van der Waals surface area contributed by atoms with Crippen molar-refractivity contribution in [2.45, 2.75) is 107 Å². The molecule has 0 spiro atoms. The van der Waals surface area contributed by atoms with Crippen molar-refractivity contribution in [3.8, 4) is 0 Å². The van der Waals surface area contributed by atoms with Crippen molar-refractivity contribution < 1.29 is 4.52 Å². The summed E-state index contributed by atoms with van der Waals surface area (Å²) in [4.78, 5) is 0. The molecule has 0 aromatic heterocycles. The zero-order valence-electron chi connectivity index (χ0n) is 17.7. The van der Waals surface area contributed by atoms with E-state index in [0.717, 1.165) is 13.0 Å². The second-order valence-electron chi connectivity index (χ2n) is 5.28. The minimum absolute atomic E-state index is 0.526. The third-order valence-electron chi connectivity index (χ3n) is 2.52. The summed E-state index contributed by atoms with van der Waals surface area (Å²) in [7, 11) is 2.61. The molecule has 0 aliphatic carbocycles. The van der Waals surface area contributed by atoms with Crippen LogP contribution in [0.5, 0.6) is 0 Å². The van der Waals surface area contributed by atoms with Crippen LogP contribution in [0.4, 0.5) is 0 Å². The minimum Gasteiger partial charge on any atom is -0.346 e. The molecule has 0 heterocycles. The molecule has 3 nitrogen and oxygen atoms in total. The number of nitrogens with one attached hydrogen (secondary N) is 1. The van der Waals surface area contributed by atoms with E-state index in [2.05, 4.69) is 65.5 Å². The van der Waals surface area contributed by atoms with Gasteiger partial charge in [0.1, 0.15) is 0 Å². The van der Waals surface area contributed by atoms with Gasteiger partial charge in [-0.05, 0) is 40.7 Å². The second-order valence-corrected chi connectivity index (χ2v) is 6.45. The SMILES string of the molecule is CC.CC.CCC(C)NC(C)C.CCCOPN(C)C(C)C. The van der Waals surface area contributed by atoms with Crippen LogP contribution in [0.15, 0.2) is 0 Å². The molecule has 0 saturated carbocycles. The molecule has 0 aliphatic heterocycles. The van der Waals surface area contributed by atoms with Gasteiger partial charge in [0.2, 0.25) is 0 Å².